The average Bonchev–Trinajstić information content (AvgIpc) is 3.12. The van der Waals surface area contributed by atoms with Crippen LogP contribution in [0.5, 0.6) is 5.75 Å². The zero-order chi connectivity index (χ0) is 16.9. The van der Waals surface area contributed by atoms with Gasteiger partial charge in [-0.25, -0.2) is 9.78 Å². The highest BCUT2D eigenvalue weighted by atomic mass is 16.5. The molecule has 0 N–H and O–H groups in total. The molecule has 1 aliphatic rings. The number of anilines is 1. The molecule has 2 aromatic rings. The number of carbonyl (C=O) groups excluding carboxylic acids is 1. The van der Waals surface area contributed by atoms with Gasteiger partial charge in [0.1, 0.15) is 11.6 Å². The molecule has 5 nitrogen and oxygen atoms in total. The highest BCUT2D eigenvalue weighted by Crippen LogP contribution is 2.35. The number of pyridine rings is 1. The molecule has 0 saturated carbocycles. The summed E-state index contributed by atoms with van der Waals surface area (Å²) in [6.07, 6.45) is 3.81. The van der Waals surface area contributed by atoms with E-state index in [2.05, 4.69) is 22.0 Å². The van der Waals surface area contributed by atoms with Gasteiger partial charge in [-0.1, -0.05) is 12.1 Å². The van der Waals surface area contributed by atoms with Crippen LogP contribution >= 0.6 is 0 Å². The van der Waals surface area contributed by atoms with E-state index >= 15 is 0 Å². The third kappa shape index (κ3) is 3.35. The molecular formula is C19H22N2O3. The van der Waals surface area contributed by atoms with Gasteiger partial charge in [0.25, 0.3) is 0 Å². The summed E-state index contributed by atoms with van der Waals surface area (Å²) in [6, 6.07) is 12.2. The van der Waals surface area contributed by atoms with Gasteiger partial charge in [0.05, 0.1) is 25.3 Å². The molecule has 1 fully saturated rings. The van der Waals surface area contributed by atoms with Crippen molar-refractivity contribution in [3.8, 4) is 5.75 Å². The van der Waals surface area contributed by atoms with Crippen LogP contribution in [0.2, 0.25) is 0 Å². The van der Waals surface area contributed by atoms with E-state index in [-0.39, 0.29) is 5.97 Å². The fraction of sp³-hybridized carbons (Fsp3) is 0.368. The van der Waals surface area contributed by atoms with Crippen molar-refractivity contribution in [1.29, 1.82) is 0 Å². The Labute approximate surface area is 142 Å². The lowest BCUT2D eigenvalue weighted by molar-refractivity contribution is 0.0526. The summed E-state index contributed by atoms with van der Waals surface area (Å²) in [5.74, 6) is 1.42. The van der Waals surface area contributed by atoms with Crippen molar-refractivity contribution in [1.82, 2.24) is 4.98 Å². The topological polar surface area (TPSA) is 51.7 Å². The largest absolute Gasteiger partial charge is 0.497 e. The summed E-state index contributed by atoms with van der Waals surface area (Å²) in [5, 5.41) is 0. The number of nitrogens with zero attached hydrogens (tertiary/aromatic N) is 2. The fourth-order valence-electron chi connectivity index (χ4n) is 3.10. The molecule has 0 radical (unpaired) electrons. The molecule has 126 valence electrons. The normalized spacial score (nSPS) is 16.9. The van der Waals surface area contributed by atoms with Crippen molar-refractivity contribution in [2.75, 3.05) is 25.2 Å². The number of aromatic nitrogens is 1. The molecule has 0 amide bonds. The minimum Gasteiger partial charge on any atom is -0.497 e. The third-order valence-electron chi connectivity index (χ3n) is 4.31. The smallest absolute Gasteiger partial charge is 0.339 e. The molecule has 0 spiro atoms. The van der Waals surface area contributed by atoms with Crippen LogP contribution in [0.3, 0.4) is 0 Å². The molecule has 5 heteroatoms. The fourth-order valence-corrected chi connectivity index (χ4v) is 3.10. The summed E-state index contributed by atoms with van der Waals surface area (Å²) in [7, 11) is 1.67. The summed E-state index contributed by atoms with van der Waals surface area (Å²) in [5.41, 5.74) is 1.74. The van der Waals surface area contributed by atoms with Gasteiger partial charge in [0.2, 0.25) is 0 Å². The lowest BCUT2D eigenvalue weighted by Gasteiger charge is -2.26. The molecule has 2 heterocycles. The van der Waals surface area contributed by atoms with Crippen LogP contribution in [-0.4, -0.2) is 31.2 Å². The average molecular weight is 326 g/mol. The van der Waals surface area contributed by atoms with Crippen LogP contribution in [0.1, 0.15) is 41.7 Å². The maximum Gasteiger partial charge on any atom is 0.339 e. The maximum atomic E-state index is 11.7. The number of carbonyl (C=O) groups is 1. The van der Waals surface area contributed by atoms with Gasteiger partial charge >= 0.3 is 5.97 Å². The van der Waals surface area contributed by atoms with Crippen LogP contribution in [0.25, 0.3) is 0 Å². The number of benzene rings is 1. The number of hydrogen-bond acceptors (Lipinski definition) is 5. The minimum absolute atomic E-state index is 0.303. The monoisotopic (exact) mass is 326 g/mol. The zero-order valence-electron chi connectivity index (χ0n) is 14.1. The Hall–Kier alpha value is -2.56. The molecule has 24 heavy (non-hydrogen) atoms. The van der Waals surface area contributed by atoms with Crippen molar-refractivity contribution in [2.24, 2.45) is 0 Å². The molecule has 1 aromatic carbocycles. The van der Waals surface area contributed by atoms with E-state index in [0.29, 0.717) is 18.2 Å². The molecule has 1 saturated heterocycles. The number of methoxy groups -OCH3 is 1. The standard InChI is InChI=1S/C19H22N2O3/c1-3-24-19(22)15-8-11-18(20-13-15)21-12-4-5-17(21)14-6-9-16(23-2)10-7-14/h6-11,13,17H,3-5,12H2,1-2H3/t17-/m0/s1. The molecule has 1 aliphatic heterocycles. The predicted molar refractivity (Wildman–Crippen MR) is 92.5 cm³/mol. The quantitative estimate of drug-likeness (QED) is 0.786. The van der Waals surface area contributed by atoms with Crippen molar-refractivity contribution >= 4 is 11.8 Å². The molecular weight excluding hydrogens is 304 g/mol. The number of rotatable bonds is 5. The maximum absolute atomic E-state index is 11.7. The van der Waals surface area contributed by atoms with Crippen molar-refractivity contribution in [2.45, 2.75) is 25.8 Å². The lowest BCUT2D eigenvalue weighted by Crippen LogP contribution is -2.23. The Morgan fingerprint density at radius 3 is 2.67 bits per heavy atom. The SMILES string of the molecule is CCOC(=O)c1ccc(N2CCC[C@H]2c2ccc(OC)cc2)nc1. The van der Waals surface area contributed by atoms with Gasteiger partial charge in [0, 0.05) is 12.7 Å². The van der Waals surface area contributed by atoms with Gasteiger partial charge in [-0.15, -0.1) is 0 Å². The Morgan fingerprint density at radius 1 is 1.25 bits per heavy atom. The van der Waals surface area contributed by atoms with Gasteiger partial charge in [0.15, 0.2) is 0 Å². The first-order valence-electron chi connectivity index (χ1n) is 8.26. The highest BCUT2D eigenvalue weighted by Gasteiger charge is 2.27. The first kappa shape index (κ1) is 16.3. The van der Waals surface area contributed by atoms with Gasteiger partial charge in [-0.3, -0.25) is 0 Å². The minimum atomic E-state index is -0.329. The molecule has 3 rings (SSSR count). The Balaban J connectivity index is 1.78. The van der Waals surface area contributed by atoms with E-state index < -0.39 is 0 Å². The van der Waals surface area contributed by atoms with Crippen LogP contribution in [0.4, 0.5) is 5.82 Å². The summed E-state index contributed by atoms with van der Waals surface area (Å²) in [4.78, 5) is 18.5. The first-order chi connectivity index (χ1) is 11.7. The molecule has 0 aliphatic carbocycles. The van der Waals surface area contributed by atoms with Crippen LogP contribution < -0.4 is 9.64 Å². The van der Waals surface area contributed by atoms with Gasteiger partial charge < -0.3 is 14.4 Å². The van der Waals surface area contributed by atoms with Crippen molar-refractivity contribution < 1.29 is 14.3 Å². The van der Waals surface area contributed by atoms with E-state index in [1.54, 1.807) is 26.3 Å². The molecule has 0 unspecified atom stereocenters. The second kappa shape index (κ2) is 7.34. The van der Waals surface area contributed by atoms with Crippen LogP contribution in [0, 0.1) is 0 Å². The lowest BCUT2D eigenvalue weighted by atomic mass is 10.0. The molecule has 1 atom stereocenters. The number of esters is 1. The Morgan fingerprint density at radius 2 is 2.04 bits per heavy atom. The van der Waals surface area contributed by atoms with E-state index in [1.165, 1.54) is 5.56 Å². The highest BCUT2D eigenvalue weighted by molar-refractivity contribution is 5.89. The number of ether oxygens (including phenoxy) is 2. The molecule has 0 bridgehead atoms. The van der Waals surface area contributed by atoms with Crippen molar-refractivity contribution in [3.05, 3.63) is 53.7 Å². The van der Waals surface area contributed by atoms with Gasteiger partial charge in [-0.2, -0.15) is 0 Å². The van der Waals surface area contributed by atoms with E-state index in [9.17, 15) is 4.79 Å². The van der Waals surface area contributed by atoms with Crippen molar-refractivity contribution in [3.63, 3.8) is 0 Å². The second-order valence-electron chi connectivity index (χ2n) is 5.75. The van der Waals surface area contributed by atoms with Crippen LogP contribution in [0.15, 0.2) is 42.6 Å². The Bertz CT molecular complexity index is 683. The van der Waals surface area contributed by atoms with Crippen LogP contribution in [-0.2, 0) is 4.74 Å². The molecule has 1 aromatic heterocycles. The first-order valence-corrected chi connectivity index (χ1v) is 8.26. The number of hydrogen-bond donors (Lipinski definition) is 0. The third-order valence-corrected chi connectivity index (χ3v) is 4.31. The Kier molecular flexibility index (Phi) is 4.99. The van der Waals surface area contributed by atoms with Gasteiger partial charge in [-0.05, 0) is 49.6 Å². The second-order valence-corrected chi connectivity index (χ2v) is 5.75. The summed E-state index contributed by atoms with van der Waals surface area (Å²) in [6.45, 7) is 3.12. The van der Waals surface area contributed by atoms with E-state index in [1.807, 2.05) is 18.2 Å². The summed E-state index contributed by atoms with van der Waals surface area (Å²) < 4.78 is 10.2. The predicted octanol–water partition coefficient (Wildman–Crippen LogP) is 3.61. The van der Waals surface area contributed by atoms with E-state index in [4.69, 9.17) is 9.47 Å². The zero-order valence-corrected chi connectivity index (χ0v) is 14.1. The summed E-state index contributed by atoms with van der Waals surface area (Å²) >= 11 is 0. The van der Waals surface area contributed by atoms with E-state index in [0.717, 1.165) is 31.0 Å².